The SMILES string of the molecule is CCC(C)C=Cc1cccnc1. The Balaban J connectivity index is 2.58. The molecule has 1 aromatic heterocycles. The van der Waals surface area contributed by atoms with Gasteiger partial charge in [0, 0.05) is 12.4 Å². The van der Waals surface area contributed by atoms with Crippen LogP contribution in [-0.4, -0.2) is 4.98 Å². The van der Waals surface area contributed by atoms with Crippen LogP contribution in [0.25, 0.3) is 6.08 Å². The molecular formula is C11H15N. The third-order valence-corrected chi connectivity index (χ3v) is 1.95. The fourth-order valence-corrected chi connectivity index (χ4v) is 0.886. The fraction of sp³-hybridized carbons (Fsp3) is 0.364. The summed E-state index contributed by atoms with van der Waals surface area (Å²) in [6, 6.07) is 4.02. The van der Waals surface area contributed by atoms with Crippen molar-refractivity contribution in [2.24, 2.45) is 5.92 Å². The first kappa shape index (κ1) is 8.98. The molecule has 64 valence electrons. The molecule has 0 aromatic carbocycles. The summed E-state index contributed by atoms with van der Waals surface area (Å²) in [5.41, 5.74) is 1.18. The standard InChI is InChI=1S/C11H15N/c1-3-10(2)6-7-11-5-4-8-12-9-11/h4-10H,3H2,1-2H3. The fourth-order valence-electron chi connectivity index (χ4n) is 0.886. The maximum absolute atomic E-state index is 4.04. The average Bonchev–Trinajstić information content (AvgIpc) is 2.16. The number of rotatable bonds is 3. The van der Waals surface area contributed by atoms with Gasteiger partial charge in [-0.3, -0.25) is 4.98 Å². The molecule has 0 aliphatic heterocycles. The van der Waals surface area contributed by atoms with Crippen LogP contribution in [-0.2, 0) is 0 Å². The Labute approximate surface area is 74.2 Å². The second-order valence-electron chi connectivity index (χ2n) is 3.03. The molecule has 0 aliphatic rings. The van der Waals surface area contributed by atoms with Gasteiger partial charge >= 0.3 is 0 Å². The van der Waals surface area contributed by atoms with E-state index in [-0.39, 0.29) is 0 Å². The van der Waals surface area contributed by atoms with Crippen molar-refractivity contribution in [2.75, 3.05) is 0 Å². The van der Waals surface area contributed by atoms with Crippen molar-refractivity contribution < 1.29 is 0 Å². The summed E-state index contributed by atoms with van der Waals surface area (Å²) in [5, 5.41) is 0. The molecule has 1 atom stereocenters. The average molecular weight is 161 g/mol. The van der Waals surface area contributed by atoms with Gasteiger partial charge < -0.3 is 0 Å². The van der Waals surface area contributed by atoms with Crippen molar-refractivity contribution in [3.63, 3.8) is 0 Å². The molecule has 0 amide bonds. The second-order valence-corrected chi connectivity index (χ2v) is 3.03. The highest BCUT2D eigenvalue weighted by molar-refractivity contribution is 5.47. The zero-order valence-electron chi connectivity index (χ0n) is 7.70. The largest absolute Gasteiger partial charge is 0.264 e. The van der Waals surface area contributed by atoms with Gasteiger partial charge in [-0.15, -0.1) is 0 Å². The number of nitrogens with zero attached hydrogens (tertiary/aromatic N) is 1. The molecule has 0 bridgehead atoms. The summed E-state index contributed by atoms with van der Waals surface area (Å²) in [6.45, 7) is 4.41. The predicted octanol–water partition coefficient (Wildman–Crippen LogP) is 3.14. The zero-order chi connectivity index (χ0) is 8.81. The molecule has 1 unspecified atom stereocenters. The zero-order valence-corrected chi connectivity index (χ0v) is 7.70. The molecule has 0 aliphatic carbocycles. The van der Waals surface area contributed by atoms with Crippen molar-refractivity contribution in [2.45, 2.75) is 20.3 Å². The molecular weight excluding hydrogens is 146 g/mol. The lowest BCUT2D eigenvalue weighted by Gasteiger charge is -1.98. The normalized spacial score (nSPS) is 13.5. The number of aromatic nitrogens is 1. The highest BCUT2D eigenvalue weighted by Gasteiger charge is 1.90. The first-order valence-corrected chi connectivity index (χ1v) is 4.41. The van der Waals surface area contributed by atoms with E-state index in [0.717, 1.165) is 0 Å². The van der Waals surface area contributed by atoms with E-state index in [0.29, 0.717) is 5.92 Å². The maximum Gasteiger partial charge on any atom is 0.0340 e. The van der Waals surface area contributed by atoms with Crippen LogP contribution in [0.2, 0.25) is 0 Å². The quantitative estimate of drug-likeness (QED) is 0.663. The van der Waals surface area contributed by atoms with Crippen LogP contribution in [0.5, 0.6) is 0 Å². The molecule has 0 N–H and O–H groups in total. The van der Waals surface area contributed by atoms with Crippen LogP contribution >= 0.6 is 0 Å². The predicted molar refractivity (Wildman–Crippen MR) is 52.7 cm³/mol. The van der Waals surface area contributed by atoms with E-state index in [2.05, 4.69) is 37.0 Å². The molecule has 1 aromatic rings. The molecule has 1 rings (SSSR count). The third-order valence-electron chi connectivity index (χ3n) is 1.95. The van der Waals surface area contributed by atoms with Crippen LogP contribution < -0.4 is 0 Å². The molecule has 1 heteroatoms. The van der Waals surface area contributed by atoms with Gasteiger partial charge in [0.15, 0.2) is 0 Å². The Kier molecular flexibility index (Phi) is 3.52. The summed E-state index contributed by atoms with van der Waals surface area (Å²) >= 11 is 0. The molecule has 0 radical (unpaired) electrons. The summed E-state index contributed by atoms with van der Waals surface area (Å²) in [7, 11) is 0. The molecule has 0 spiro atoms. The summed E-state index contributed by atoms with van der Waals surface area (Å²) in [4.78, 5) is 4.04. The molecule has 1 nitrogen and oxygen atoms in total. The Morgan fingerprint density at radius 3 is 3.00 bits per heavy atom. The number of hydrogen-bond acceptors (Lipinski definition) is 1. The van der Waals surface area contributed by atoms with Crippen molar-refractivity contribution in [3.8, 4) is 0 Å². The minimum Gasteiger partial charge on any atom is -0.264 e. The van der Waals surface area contributed by atoms with Crippen molar-refractivity contribution in [1.82, 2.24) is 4.98 Å². The van der Waals surface area contributed by atoms with Gasteiger partial charge in [0.05, 0.1) is 0 Å². The van der Waals surface area contributed by atoms with Crippen molar-refractivity contribution in [3.05, 3.63) is 36.2 Å². The third kappa shape index (κ3) is 2.87. The summed E-state index contributed by atoms with van der Waals surface area (Å²) < 4.78 is 0. The molecule has 0 fully saturated rings. The summed E-state index contributed by atoms with van der Waals surface area (Å²) in [5.74, 6) is 0.658. The van der Waals surface area contributed by atoms with E-state index in [1.165, 1.54) is 12.0 Å². The lowest BCUT2D eigenvalue weighted by molar-refractivity contribution is 0.701. The summed E-state index contributed by atoms with van der Waals surface area (Å²) in [6.07, 6.45) is 9.20. The van der Waals surface area contributed by atoms with Gasteiger partial charge in [0.1, 0.15) is 0 Å². The molecule has 0 saturated carbocycles. The van der Waals surface area contributed by atoms with Gasteiger partial charge in [-0.1, -0.05) is 38.5 Å². The van der Waals surface area contributed by atoms with E-state index < -0.39 is 0 Å². The topological polar surface area (TPSA) is 12.9 Å². The highest BCUT2D eigenvalue weighted by atomic mass is 14.6. The monoisotopic (exact) mass is 161 g/mol. The molecule has 1 heterocycles. The Morgan fingerprint density at radius 2 is 2.42 bits per heavy atom. The highest BCUT2D eigenvalue weighted by Crippen LogP contribution is 2.06. The molecule has 0 saturated heterocycles. The number of hydrogen-bond donors (Lipinski definition) is 0. The van der Waals surface area contributed by atoms with Gasteiger partial charge in [-0.2, -0.15) is 0 Å². The van der Waals surface area contributed by atoms with Gasteiger partial charge in [0.2, 0.25) is 0 Å². The Morgan fingerprint density at radius 1 is 1.58 bits per heavy atom. The first-order valence-electron chi connectivity index (χ1n) is 4.41. The second kappa shape index (κ2) is 4.70. The minimum atomic E-state index is 0.658. The van der Waals surface area contributed by atoms with E-state index in [4.69, 9.17) is 0 Å². The lowest BCUT2D eigenvalue weighted by Crippen LogP contribution is -1.83. The number of pyridine rings is 1. The van der Waals surface area contributed by atoms with Crippen LogP contribution in [0.15, 0.2) is 30.6 Å². The van der Waals surface area contributed by atoms with Crippen LogP contribution in [0.4, 0.5) is 0 Å². The van der Waals surface area contributed by atoms with Crippen molar-refractivity contribution >= 4 is 6.08 Å². The smallest absolute Gasteiger partial charge is 0.0340 e. The Hall–Kier alpha value is -1.11. The van der Waals surface area contributed by atoms with E-state index >= 15 is 0 Å². The van der Waals surface area contributed by atoms with Crippen LogP contribution in [0.1, 0.15) is 25.8 Å². The van der Waals surface area contributed by atoms with E-state index in [1.807, 2.05) is 12.3 Å². The molecule has 12 heavy (non-hydrogen) atoms. The van der Waals surface area contributed by atoms with Gasteiger partial charge in [-0.25, -0.2) is 0 Å². The van der Waals surface area contributed by atoms with Crippen LogP contribution in [0, 0.1) is 5.92 Å². The van der Waals surface area contributed by atoms with Gasteiger partial charge in [0.25, 0.3) is 0 Å². The first-order chi connectivity index (χ1) is 5.83. The van der Waals surface area contributed by atoms with E-state index in [9.17, 15) is 0 Å². The lowest BCUT2D eigenvalue weighted by atomic mass is 10.1. The van der Waals surface area contributed by atoms with Crippen LogP contribution in [0.3, 0.4) is 0 Å². The van der Waals surface area contributed by atoms with Gasteiger partial charge in [-0.05, 0) is 17.5 Å². The maximum atomic E-state index is 4.04. The minimum absolute atomic E-state index is 0.658. The number of allylic oxidation sites excluding steroid dienone is 1. The Bertz CT molecular complexity index is 238. The van der Waals surface area contributed by atoms with E-state index in [1.54, 1.807) is 6.20 Å². The van der Waals surface area contributed by atoms with Crippen molar-refractivity contribution in [1.29, 1.82) is 0 Å².